The number of nitrogens with one attached hydrogen (secondary N) is 1. The molecule has 0 amide bonds. The molecule has 0 radical (unpaired) electrons. The van der Waals surface area contributed by atoms with E-state index < -0.39 is 5.54 Å². The topological polar surface area (TPSA) is 77.7 Å². The van der Waals surface area contributed by atoms with Crippen LogP contribution in [0, 0.1) is 0 Å². The Morgan fingerprint density at radius 1 is 0.949 bits per heavy atom. The van der Waals surface area contributed by atoms with E-state index in [-0.39, 0.29) is 12.1 Å². The predicted molar refractivity (Wildman–Crippen MR) is 153 cm³/mol. The molecule has 7 heteroatoms. The van der Waals surface area contributed by atoms with Crippen molar-refractivity contribution in [1.29, 1.82) is 0 Å². The molecule has 39 heavy (non-hydrogen) atoms. The number of anilines is 1. The molecule has 200 valence electrons. The molecular weight excluding hydrogens is 488 g/mol. The van der Waals surface area contributed by atoms with Crippen molar-refractivity contribution in [2.24, 2.45) is 5.16 Å². The fraction of sp³-hybridized carbons (Fsp3) is 0.281. The van der Waals surface area contributed by atoms with Crippen molar-refractivity contribution in [3.05, 3.63) is 120 Å². The first-order valence-electron chi connectivity index (χ1n) is 13.6. The smallest absolute Gasteiger partial charge is 0.356 e. The maximum atomic E-state index is 11.9. The van der Waals surface area contributed by atoms with Crippen molar-refractivity contribution in [2.75, 3.05) is 18.5 Å². The van der Waals surface area contributed by atoms with Crippen LogP contribution in [0.1, 0.15) is 49.3 Å². The number of imidazole rings is 1. The maximum Gasteiger partial charge on any atom is 0.356 e. The molecule has 0 bridgehead atoms. The number of benzene rings is 3. The summed E-state index contributed by atoms with van der Waals surface area (Å²) < 4.78 is 7.27. The van der Waals surface area contributed by atoms with Gasteiger partial charge in [-0.05, 0) is 42.9 Å². The first-order chi connectivity index (χ1) is 19.2. The molecule has 0 saturated carbocycles. The Bertz CT molecular complexity index is 1270. The van der Waals surface area contributed by atoms with E-state index in [4.69, 9.17) is 14.6 Å². The first kappa shape index (κ1) is 26.2. The Balaban J connectivity index is 1.34. The Kier molecular flexibility index (Phi) is 8.36. The molecule has 1 aromatic heterocycles. The highest BCUT2D eigenvalue weighted by Gasteiger charge is 2.39. The molecule has 1 N–H and O–H groups in total. The highest BCUT2D eigenvalue weighted by Crippen LogP contribution is 2.42. The molecular formula is C32H34N4O3. The van der Waals surface area contributed by atoms with E-state index in [0.717, 1.165) is 48.4 Å². The van der Waals surface area contributed by atoms with Crippen LogP contribution in [-0.2, 0) is 19.9 Å². The number of carbonyl (C=O) groups excluding carboxylic acids is 1. The van der Waals surface area contributed by atoms with Crippen LogP contribution in [0.25, 0.3) is 0 Å². The molecule has 0 saturated heterocycles. The summed E-state index contributed by atoms with van der Waals surface area (Å²) in [5, 5.41) is 7.50. The van der Waals surface area contributed by atoms with Crippen molar-refractivity contribution in [3.8, 4) is 0 Å². The second-order valence-electron chi connectivity index (χ2n) is 9.54. The van der Waals surface area contributed by atoms with Gasteiger partial charge in [0.25, 0.3) is 0 Å². The van der Waals surface area contributed by atoms with E-state index in [0.29, 0.717) is 18.7 Å². The molecule has 0 fully saturated rings. The van der Waals surface area contributed by atoms with E-state index >= 15 is 0 Å². The molecule has 4 aromatic rings. The number of nitrogens with zero attached hydrogens (tertiary/aromatic N) is 3. The zero-order chi connectivity index (χ0) is 26.9. The minimum atomic E-state index is -0.610. The summed E-state index contributed by atoms with van der Waals surface area (Å²) in [6.07, 6.45) is 7.02. The van der Waals surface area contributed by atoms with E-state index in [2.05, 4.69) is 94.0 Å². The monoisotopic (exact) mass is 522 g/mol. The molecule has 2 heterocycles. The van der Waals surface area contributed by atoms with Crippen molar-refractivity contribution < 1.29 is 14.4 Å². The van der Waals surface area contributed by atoms with Gasteiger partial charge in [-0.25, -0.2) is 9.78 Å². The summed E-state index contributed by atoms with van der Waals surface area (Å²) in [6.45, 7) is 2.88. The van der Waals surface area contributed by atoms with Crippen LogP contribution in [0.2, 0.25) is 0 Å². The minimum absolute atomic E-state index is 0.0757. The van der Waals surface area contributed by atoms with Crippen LogP contribution in [0.5, 0.6) is 0 Å². The summed E-state index contributed by atoms with van der Waals surface area (Å²) >= 11 is 0. The summed E-state index contributed by atoms with van der Waals surface area (Å²) in [5.41, 5.74) is 3.22. The van der Waals surface area contributed by atoms with Crippen LogP contribution in [0.4, 0.5) is 5.95 Å². The van der Waals surface area contributed by atoms with E-state index in [1.54, 1.807) is 6.92 Å². The number of carbonyl (C=O) groups is 1. The summed E-state index contributed by atoms with van der Waals surface area (Å²) in [6, 6.07) is 31.7. The normalized spacial score (nSPS) is 14.9. The zero-order valence-corrected chi connectivity index (χ0v) is 22.2. The van der Waals surface area contributed by atoms with Gasteiger partial charge < -0.3 is 14.9 Å². The van der Waals surface area contributed by atoms with Crippen LogP contribution < -0.4 is 5.32 Å². The van der Waals surface area contributed by atoms with Gasteiger partial charge >= 0.3 is 5.97 Å². The third kappa shape index (κ3) is 5.58. The molecule has 7 nitrogen and oxygen atoms in total. The number of rotatable bonds is 12. The van der Waals surface area contributed by atoms with Gasteiger partial charge in [0.15, 0.2) is 5.71 Å². The summed E-state index contributed by atoms with van der Waals surface area (Å²) in [5.74, 6) is 0.420. The Labute approximate surface area is 229 Å². The molecule has 1 aliphatic rings. The lowest BCUT2D eigenvalue weighted by molar-refractivity contribution is -0.135. The predicted octanol–water partition coefficient (Wildman–Crippen LogP) is 6.01. The van der Waals surface area contributed by atoms with Gasteiger partial charge in [-0.3, -0.25) is 4.57 Å². The highest BCUT2D eigenvalue weighted by molar-refractivity contribution is 6.36. The van der Waals surface area contributed by atoms with Crippen LogP contribution in [0.3, 0.4) is 0 Å². The number of esters is 1. The van der Waals surface area contributed by atoms with Gasteiger partial charge in [-0.15, -0.1) is 0 Å². The number of hydrogen-bond acceptors (Lipinski definition) is 6. The molecule has 3 aromatic carbocycles. The van der Waals surface area contributed by atoms with Crippen molar-refractivity contribution in [3.63, 3.8) is 0 Å². The standard InChI is InChI=1S/C32H34N4O3/c1-2-38-30(37)29-24-28(39-35-29)20-12-13-21-33-31-34-22-23-36(31)32(25-14-6-3-7-15-25,26-16-8-4-9-17-26)27-18-10-5-11-19-27/h3-11,14-19,22-23,28H,2,12-13,20-21,24H2,1H3,(H,33,34). The number of oxime groups is 1. The summed E-state index contributed by atoms with van der Waals surface area (Å²) in [7, 11) is 0. The van der Waals surface area contributed by atoms with E-state index in [1.807, 2.05) is 24.4 Å². The molecule has 1 unspecified atom stereocenters. The third-order valence-corrected chi connectivity index (χ3v) is 7.06. The van der Waals surface area contributed by atoms with Gasteiger partial charge in [0, 0.05) is 25.4 Å². The molecule has 1 aliphatic heterocycles. The Morgan fingerprint density at radius 2 is 1.54 bits per heavy atom. The average Bonchev–Trinajstić information content (AvgIpc) is 3.66. The fourth-order valence-electron chi connectivity index (χ4n) is 5.28. The van der Waals surface area contributed by atoms with Gasteiger partial charge in [0.05, 0.1) is 6.61 Å². The number of unbranched alkanes of at least 4 members (excludes halogenated alkanes) is 1. The number of ether oxygens (including phenoxy) is 1. The zero-order valence-electron chi connectivity index (χ0n) is 22.2. The lowest BCUT2D eigenvalue weighted by Crippen LogP contribution is -2.38. The van der Waals surface area contributed by atoms with Gasteiger partial charge in [-0.2, -0.15) is 0 Å². The van der Waals surface area contributed by atoms with E-state index in [1.165, 1.54) is 0 Å². The lowest BCUT2D eigenvalue weighted by Gasteiger charge is -2.38. The Hall–Kier alpha value is -4.39. The Morgan fingerprint density at radius 3 is 2.10 bits per heavy atom. The van der Waals surface area contributed by atoms with E-state index in [9.17, 15) is 4.79 Å². The quantitative estimate of drug-likeness (QED) is 0.140. The molecule has 5 rings (SSSR count). The number of aromatic nitrogens is 2. The second kappa shape index (κ2) is 12.4. The minimum Gasteiger partial charge on any atom is -0.461 e. The largest absolute Gasteiger partial charge is 0.461 e. The fourth-order valence-corrected chi connectivity index (χ4v) is 5.28. The third-order valence-electron chi connectivity index (χ3n) is 7.06. The first-order valence-corrected chi connectivity index (χ1v) is 13.6. The van der Waals surface area contributed by atoms with Crippen molar-refractivity contribution in [1.82, 2.24) is 9.55 Å². The SMILES string of the molecule is CCOC(=O)C1=NOC(CCCCNc2nccn2C(c2ccccc2)(c2ccccc2)c2ccccc2)C1. The lowest BCUT2D eigenvalue weighted by atomic mass is 9.76. The second-order valence-corrected chi connectivity index (χ2v) is 9.54. The number of hydrogen-bond donors (Lipinski definition) is 1. The molecule has 1 atom stereocenters. The van der Waals surface area contributed by atoms with Crippen molar-refractivity contribution >= 4 is 17.6 Å². The maximum absolute atomic E-state index is 11.9. The molecule has 0 spiro atoms. The highest BCUT2D eigenvalue weighted by atomic mass is 16.6. The summed E-state index contributed by atoms with van der Waals surface area (Å²) in [4.78, 5) is 22.1. The van der Waals surface area contributed by atoms with Gasteiger partial charge in [-0.1, -0.05) is 96.2 Å². The van der Waals surface area contributed by atoms with Crippen LogP contribution in [-0.4, -0.2) is 40.5 Å². The van der Waals surface area contributed by atoms with Crippen LogP contribution >= 0.6 is 0 Å². The van der Waals surface area contributed by atoms with Gasteiger partial charge in [0.2, 0.25) is 5.95 Å². The van der Waals surface area contributed by atoms with Crippen molar-refractivity contribution in [2.45, 2.75) is 44.2 Å². The van der Waals surface area contributed by atoms with Gasteiger partial charge in [0.1, 0.15) is 11.6 Å². The average molecular weight is 523 g/mol. The molecule has 0 aliphatic carbocycles. The van der Waals surface area contributed by atoms with Crippen LogP contribution in [0.15, 0.2) is 109 Å².